The highest BCUT2D eigenvalue weighted by Crippen LogP contribution is 2.10. The van der Waals surface area contributed by atoms with Crippen molar-refractivity contribution >= 4 is 5.97 Å². The fraction of sp³-hybridized carbons (Fsp3) is 0.500. The molecule has 0 aromatic heterocycles. The first-order valence-electron chi connectivity index (χ1n) is 5.95. The molecule has 3 N–H and O–H groups in total. The molecule has 1 aromatic rings. The van der Waals surface area contributed by atoms with E-state index in [0.717, 1.165) is 6.42 Å². The molecule has 0 unspecified atom stereocenters. The van der Waals surface area contributed by atoms with Crippen molar-refractivity contribution < 1.29 is 15.3 Å². The first-order chi connectivity index (χ1) is 7.87. The van der Waals surface area contributed by atoms with Crippen molar-refractivity contribution in [2.24, 2.45) is 0 Å². The normalized spacial score (nSPS) is 13.2. The maximum Gasteiger partial charge on any atom is 0.312 e. The Balaban J connectivity index is 2.40. The molecule has 0 saturated heterocycles. The number of esters is 1. The van der Waals surface area contributed by atoms with Gasteiger partial charge in [-0.1, -0.05) is 30.3 Å². The first-order valence-corrected chi connectivity index (χ1v) is 5.95. The largest absolute Gasteiger partial charge is 0.460 e. The third-order valence-electron chi connectivity index (χ3n) is 2.24. The number of carbonyl (C=O) groups is 1. The predicted molar refractivity (Wildman–Crippen MR) is 67.3 cm³/mol. The summed E-state index contributed by atoms with van der Waals surface area (Å²) in [6.45, 7) is 5.63. The minimum Gasteiger partial charge on any atom is -0.460 e. The van der Waals surface area contributed by atoms with Gasteiger partial charge in [0.25, 0.3) is 0 Å². The average Bonchev–Trinajstić information content (AvgIpc) is 2.15. The van der Waals surface area contributed by atoms with Crippen molar-refractivity contribution in [3.05, 3.63) is 35.9 Å². The van der Waals surface area contributed by atoms with E-state index in [0.29, 0.717) is 6.42 Å². The molecule has 3 heteroatoms. The van der Waals surface area contributed by atoms with Gasteiger partial charge in [0.1, 0.15) is 5.60 Å². The van der Waals surface area contributed by atoms with Gasteiger partial charge in [-0.15, -0.1) is 0 Å². The van der Waals surface area contributed by atoms with Gasteiger partial charge in [-0.3, -0.25) is 4.79 Å². The second-order valence-electron chi connectivity index (χ2n) is 5.35. The van der Waals surface area contributed by atoms with Gasteiger partial charge in [0.2, 0.25) is 0 Å². The minimum atomic E-state index is -0.413. The zero-order chi connectivity index (χ0) is 12.9. The molecular formula is C14H22NO2+. The molecule has 1 atom stereocenters. The summed E-state index contributed by atoms with van der Waals surface area (Å²) in [6.07, 6.45) is 1.17. The molecule has 17 heavy (non-hydrogen) atoms. The fourth-order valence-corrected chi connectivity index (χ4v) is 1.64. The molecule has 0 saturated carbocycles. The molecule has 0 aliphatic carbocycles. The van der Waals surface area contributed by atoms with E-state index in [1.165, 1.54) is 5.56 Å². The number of ether oxygens (including phenoxy) is 1. The molecule has 0 spiro atoms. The molecule has 94 valence electrons. The monoisotopic (exact) mass is 236 g/mol. The molecule has 0 fully saturated rings. The standard InChI is InChI=1S/C14H21NO2/c1-14(2,3)17-13(16)10-12(15)9-11-7-5-4-6-8-11/h4-8,12H,9-10,15H2,1-3H3/p+1/t12-/m0/s1. The number of carbonyl (C=O) groups excluding carboxylic acids is 1. The summed E-state index contributed by atoms with van der Waals surface area (Å²) in [7, 11) is 0. The van der Waals surface area contributed by atoms with Gasteiger partial charge in [0.15, 0.2) is 0 Å². The highest BCUT2D eigenvalue weighted by atomic mass is 16.6. The maximum atomic E-state index is 11.6. The van der Waals surface area contributed by atoms with E-state index in [2.05, 4.69) is 5.73 Å². The topological polar surface area (TPSA) is 53.9 Å². The van der Waals surface area contributed by atoms with E-state index >= 15 is 0 Å². The van der Waals surface area contributed by atoms with Crippen LogP contribution in [-0.4, -0.2) is 17.6 Å². The van der Waals surface area contributed by atoms with Gasteiger partial charge < -0.3 is 10.5 Å². The van der Waals surface area contributed by atoms with Crippen molar-refractivity contribution in [2.45, 2.75) is 45.3 Å². The highest BCUT2D eigenvalue weighted by Gasteiger charge is 2.20. The Bertz CT molecular complexity index is 354. The number of hydrogen-bond donors (Lipinski definition) is 1. The number of rotatable bonds is 4. The van der Waals surface area contributed by atoms with Crippen molar-refractivity contribution in [2.75, 3.05) is 0 Å². The molecule has 1 aromatic carbocycles. The molecule has 1 rings (SSSR count). The van der Waals surface area contributed by atoms with E-state index in [1.807, 2.05) is 51.1 Å². The van der Waals surface area contributed by atoms with Crippen LogP contribution in [0.25, 0.3) is 0 Å². The lowest BCUT2D eigenvalue weighted by molar-refractivity contribution is -0.418. The Morgan fingerprint density at radius 3 is 2.41 bits per heavy atom. The molecule has 0 aliphatic rings. The number of quaternary nitrogens is 1. The van der Waals surface area contributed by atoms with E-state index in [1.54, 1.807) is 0 Å². The lowest BCUT2D eigenvalue weighted by Gasteiger charge is -2.20. The first kappa shape index (κ1) is 13.7. The molecular weight excluding hydrogens is 214 g/mol. The Labute approximate surface area is 103 Å². The summed E-state index contributed by atoms with van der Waals surface area (Å²) in [4.78, 5) is 11.6. The Kier molecular flexibility index (Phi) is 4.70. The summed E-state index contributed by atoms with van der Waals surface area (Å²) in [6, 6.07) is 10.1. The second-order valence-corrected chi connectivity index (χ2v) is 5.35. The predicted octanol–water partition coefficient (Wildman–Crippen LogP) is 1.57. The van der Waals surface area contributed by atoms with Gasteiger partial charge in [-0.25, -0.2) is 0 Å². The van der Waals surface area contributed by atoms with Gasteiger partial charge in [0.05, 0.1) is 12.5 Å². The zero-order valence-corrected chi connectivity index (χ0v) is 10.9. The zero-order valence-electron chi connectivity index (χ0n) is 10.9. The minimum absolute atomic E-state index is 0.0623. The third-order valence-corrected chi connectivity index (χ3v) is 2.24. The van der Waals surface area contributed by atoms with Crippen LogP contribution in [-0.2, 0) is 16.0 Å². The van der Waals surface area contributed by atoms with Crippen molar-refractivity contribution in [3.63, 3.8) is 0 Å². The molecule has 0 radical (unpaired) electrons. The quantitative estimate of drug-likeness (QED) is 0.807. The second kappa shape index (κ2) is 5.82. The van der Waals surface area contributed by atoms with Crippen LogP contribution in [0.15, 0.2) is 30.3 Å². The van der Waals surface area contributed by atoms with Crippen LogP contribution in [0.2, 0.25) is 0 Å². The Morgan fingerprint density at radius 1 is 1.29 bits per heavy atom. The van der Waals surface area contributed by atoms with Crippen LogP contribution in [0.1, 0.15) is 32.8 Å². The van der Waals surface area contributed by atoms with Crippen LogP contribution in [0.3, 0.4) is 0 Å². The van der Waals surface area contributed by atoms with Gasteiger partial charge in [-0.2, -0.15) is 0 Å². The van der Waals surface area contributed by atoms with Crippen molar-refractivity contribution in [1.82, 2.24) is 0 Å². The van der Waals surface area contributed by atoms with E-state index < -0.39 is 5.60 Å². The van der Waals surface area contributed by atoms with Gasteiger partial charge >= 0.3 is 5.97 Å². The van der Waals surface area contributed by atoms with Gasteiger partial charge in [0, 0.05) is 6.42 Å². The van der Waals surface area contributed by atoms with E-state index in [-0.39, 0.29) is 12.0 Å². The molecule has 3 nitrogen and oxygen atoms in total. The number of benzene rings is 1. The smallest absolute Gasteiger partial charge is 0.312 e. The van der Waals surface area contributed by atoms with Crippen molar-refractivity contribution in [1.29, 1.82) is 0 Å². The molecule has 0 heterocycles. The Hall–Kier alpha value is -1.35. The van der Waals surface area contributed by atoms with Crippen LogP contribution < -0.4 is 5.73 Å². The molecule has 0 bridgehead atoms. The van der Waals surface area contributed by atoms with Crippen LogP contribution in [0.4, 0.5) is 0 Å². The summed E-state index contributed by atoms with van der Waals surface area (Å²) in [5.41, 5.74) is 4.79. The summed E-state index contributed by atoms with van der Waals surface area (Å²) >= 11 is 0. The third kappa shape index (κ3) is 6.07. The molecule has 0 aliphatic heterocycles. The fourth-order valence-electron chi connectivity index (χ4n) is 1.64. The lowest BCUT2D eigenvalue weighted by Crippen LogP contribution is -2.62. The average molecular weight is 236 g/mol. The number of hydrogen-bond acceptors (Lipinski definition) is 2. The summed E-state index contributed by atoms with van der Waals surface area (Å²) < 4.78 is 5.27. The lowest BCUT2D eigenvalue weighted by atomic mass is 10.0. The van der Waals surface area contributed by atoms with E-state index in [9.17, 15) is 4.79 Å². The SMILES string of the molecule is CC(C)(C)OC(=O)C[C@@H]([NH3+])Cc1ccccc1. The van der Waals surface area contributed by atoms with Crippen LogP contribution in [0.5, 0.6) is 0 Å². The van der Waals surface area contributed by atoms with Crippen LogP contribution in [0, 0.1) is 0 Å². The Morgan fingerprint density at radius 2 is 1.88 bits per heavy atom. The molecule has 0 amide bonds. The maximum absolute atomic E-state index is 11.6. The van der Waals surface area contributed by atoms with Gasteiger partial charge in [-0.05, 0) is 26.3 Å². The highest BCUT2D eigenvalue weighted by molar-refractivity contribution is 5.70. The summed E-state index contributed by atoms with van der Waals surface area (Å²) in [5, 5.41) is 0. The van der Waals surface area contributed by atoms with Crippen molar-refractivity contribution in [3.8, 4) is 0 Å². The van der Waals surface area contributed by atoms with Crippen LogP contribution >= 0.6 is 0 Å². The van der Waals surface area contributed by atoms with E-state index in [4.69, 9.17) is 4.74 Å². The summed E-state index contributed by atoms with van der Waals surface area (Å²) in [5.74, 6) is -0.173.